The number of carbonyl (C=O) groups is 5. The van der Waals surface area contributed by atoms with Gasteiger partial charge in [0, 0.05) is 22.1 Å². The lowest BCUT2D eigenvalue weighted by atomic mass is 9.89. The van der Waals surface area contributed by atoms with Crippen LogP contribution in [-0.2, 0) is 19.2 Å². The molecule has 2 aromatic carbocycles. The molecule has 3 aromatic rings. The van der Waals surface area contributed by atoms with Crippen LogP contribution in [0.5, 0.6) is 5.75 Å². The maximum Gasteiger partial charge on any atom is 0.338 e. The van der Waals surface area contributed by atoms with Crippen LogP contribution in [0.15, 0.2) is 33.5 Å². The highest BCUT2D eigenvalue weighted by molar-refractivity contribution is 6.34. The number of nitrogens with one attached hydrogen (secondary N) is 1. The van der Waals surface area contributed by atoms with Crippen molar-refractivity contribution in [3.63, 3.8) is 0 Å². The van der Waals surface area contributed by atoms with Crippen molar-refractivity contribution in [3.05, 3.63) is 50.1 Å². The Bertz CT molecular complexity index is 2200. The Kier molecular flexibility index (Phi) is 8.70. The van der Waals surface area contributed by atoms with Crippen molar-refractivity contribution in [2.45, 2.75) is 0 Å². The zero-order valence-electron chi connectivity index (χ0n) is 23.7. The summed E-state index contributed by atoms with van der Waals surface area (Å²) in [4.78, 5) is 74.8. The highest BCUT2D eigenvalue weighted by atomic mass is 35.5. The summed E-state index contributed by atoms with van der Waals surface area (Å²) in [5, 5.41) is 68.7. The highest BCUT2D eigenvalue weighted by Crippen LogP contribution is 2.51. The molecule has 18 nitrogen and oxygen atoms in total. The third kappa shape index (κ3) is 5.92. The van der Waals surface area contributed by atoms with Crippen LogP contribution in [0.1, 0.15) is 10.4 Å². The van der Waals surface area contributed by atoms with Gasteiger partial charge in [0.25, 0.3) is 0 Å². The number of fused-ring (bicyclic) bond motifs is 3. The van der Waals surface area contributed by atoms with Gasteiger partial charge in [-0.05, 0) is 18.2 Å². The van der Waals surface area contributed by atoms with Crippen LogP contribution in [-0.4, -0.2) is 102 Å². The van der Waals surface area contributed by atoms with Gasteiger partial charge in [0.1, 0.15) is 48.6 Å². The normalized spacial score (nSPS) is 11.2. The van der Waals surface area contributed by atoms with E-state index in [0.717, 1.165) is 12.1 Å². The molecule has 0 saturated carbocycles. The highest BCUT2D eigenvalue weighted by Gasteiger charge is 2.34. The number of benzene rings is 3. The fourth-order valence-electron chi connectivity index (χ4n) is 5.32. The third-order valence-electron chi connectivity index (χ3n) is 7.00. The fourth-order valence-corrected chi connectivity index (χ4v) is 5.72. The van der Waals surface area contributed by atoms with Crippen LogP contribution in [0.3, 0.4) is 0 Å². The largest absolute Gasteiger partial charge is 0.504 e. The number of aliphatic carboxylic acids is 4. The molecule has 0 fully saturated rings. The number of aromatic carboxylic acids is 1. The SMILES string of the molecule is O=C(O)CN(CC(=O)O)c1c2oc3c(N(CC(=O)O)CC(=O)O)c(O)c(Cl)cc3c(-c3ccc4n[nH]nc4c3C(=O)O)c-2cc(Cl)c1=O. The first kappa shape index (κ1) is 33.2. The van der Waals surface area contributed by atoms with E-state index in [-0.39, 0.29) is 33.1 Å². The zero-order valence-corrected chi connectivity index (χ0v) is 25.2. The number of phenols is 1. The Hall–Kier alpha value is -6.14. The maximum absolute atomic E-state index is 13.5. The van der Waals surface area contributed by atoms with Crippen LogP contribution in [0.2, 0.25) is 10.0 Å². The molecule has 0 radical (unpaired) electrons. The van der Waals surface area contributed by atoms with Crippen LogP contribution in [0.4, 0.5) is 11.4 Å². The van der Waals surface area contributed by atoms with E-state index in [1.165, 1.54) is 12.1 Å². The summed E-state index contributed by atoms with van der Waals surface area (Å²) in [5.41, 5.74) is -4.00. The Morgan fingerprint density at radius 1 is 0.771 bits per heavy atom. The van der Waals surface area contributed by atoms with Gasteiger partial charge in [-0.25, -0.2) is 4.79 Å². The summed E-state index contributed by atoms with van der Waals surface area (Å²) in [6, 6.07) is 4.81. The molecule has 1 aromatic heterocycles. The molecule has 2 heterocycles. The molecule has 1 aliphatic heterocycles. The van der Waals surface area contributed by atoms with E-state index in [1.807, 2.05) is 0 Å². The summed E-state index contributed by atoms with van der Waals surface area (Å²) in [6.07, 6.45) is 0. The average molecular weight is 704 g/mol. The van der Waals surface area contributed by atoms with E-state index in [0.29, 0.717) is 9.80 Å². The van der Waals surface area contributed by atoms with Gasteiger partial charge in [-0.3, -0.25) is 24.0 Å². The lowest BCUT2D eigenvalue weighted by Gasteiger charge is -2.28. The number of aromatic nitrogens is 3. The van der Waals surface area contributed by atoms with Gasteiger partial charge < -0.3 is 44.9 Å². The summed E-state index contributed by atoms with van der Waals surface area (Å²) >= 11 is 12.7. The van der Waals surface area contributed by atoms with Crippen molar-refractivity contribution in [3.8, 4) is 28.2 Å². The molecular formula is C28H19Cl2N5O13. The maximum atomic E-state index is 13.5. The fraction of sp³-hybridized carbons (Fsp3) is 0.143. The van der Waals surface area contributed by atoms with Crippen LogP contribution >= 0.6 is 23.2 Å². The van der Waals surface area contributed by atoms with E-state index in [9.17, 15) is 59.4 Å². The number of carboxylic acids is 5. The Morgan fingerprint density at radius 3 is 1.88 bits per heavy atom. The number of anilines is 2. The first-order valence-electron chi connectivity index (χ1n) is 13.2. The zero-order chi connectivity index (χ0) is 35.2. The number of aromatic amines is 1. The lowest BCUT2D eigenvalue weighted by Crippen LogP contribution is -2.38. The number of halogens is 2. The van der Waals surface area contributed by atoms with E-state index in [1.54, 1.807) is 0 Å². The van der Waals surface area contributed by atoms with E-state index < -0.39 is 106 Å². The summed E-state index contributed by atoms with van der Waals surface area (Å²) < 4.78 is 6.09. The van der Waals surface area contributed by atoms with Gasteiger partial charge in [-0.15, -0.1) is 0 Å². The van der Waals surface area contributed by atoms with Gasteiger partial charge in [-0.1, -0.05) is 29.3 Å². The molecule has 0 spiro atoms. The smallest absolute Gasteiger partial charge is 0.338 e. The number of aromatic hydroxyl groups is 1. The molecule has 5 rings (SSSR count). The second-order valence-corrected chi connectivity index (χ2v) is 10.9. The molecule has 0 atom stereocenters. The summed E-state index contributed by atoms with van der Waals surface area (Å²) in [7, 11) is 0. The number of H-pyrrole nitrogens is 1. The first-order valence-corrected chi connectivity index (χ1v) is 13.9. The summed E-state index contributed by atoms with van der Waals surface area (Å²) in [5.74, 6) is -9.25. The van der Waals surface area contributed by atoms with Gasteiger partial charge in [0.05, 0.1) is 15.6 Å². The lowest BCUT2D eigenvalue weighted by molar-refractivity contribution is -0.138. The topological polar surface area (TPSA) is 285 Å². The quantitative estimate of drug-likeness (QED) is 0.0918. The molecular weight excluding hydrogens is 685 g/mol. The molecule has 248 valence electrons. The molecule has 20 heteroatoms. The van der Waals surface area contributed by atoms with Crippen molar-refractivity contribution in [1.82, 2.24) is 15.4 Å². The van der Waals surface area contributed by atoms with Gasteiger partial charge in [-0.2, -0.15) is 15.4 Å². The molecule has 7 N–H and O–H groups in total. The monoisotopic (exact) mass is 703 g/mol. The second-order valence-electron chi connectivity index (χ2n) is 10.1. The van der Waals surface area contributed by atoms with Crippen molar-refractivity contribution in [2.24, 2.45) is 0 Å². The Labute approximate surface area is 274 Å². The average Bonchev–Trinajstić information content (AvgIpc) is 3.45. The minimum atomic E-state index is -1.58. The first-order chi connectivity index (χ1) is 22.6. The van der Waals surface area contributed by atoms with Gasteiger partial charge in [0.2, 0.25) is 5.43 Å². The molecule has 0 amide bonds. The van der Waals surface area contributed by atoms with Crippen LogP contribution in [0, 0.1) is 0 Å². The van der Waals surface area contributed by atoms with Crippen molar-refractivity contribution >= 4 is 86.4 Å². The molecule has 1 aliphatic carbocycles. The molecule has 0 bridgehead atoms. The van der Waals surface area contributed by atoms with Crippen LogP contribution < -0.4 is 15.2 Å². The number of rotatable bonds is 12. The van der Waals surface area contributed by atoms with E-state index in [4.69, 9.17) is 27.6 Å². The van der Waals surface area contributed by atoms with Crippen molar-refractivity contribution in [2.75, 3.05) is 36.0 Å². The minimum Gasteiger partial charge on any atom is -0.504 e. The van der Waals surface area contributed by atoms with E-state index in [2.05, 4.69) is 15.4 Å². The van der Waals surface area contributed by atoms with E-state index >= 15 is 0 Å². The van der Waals surface area contributed by atoms with Gasteiger partial charge >= 0.3 is 29.8 Å². The third-order valence-corrected chi connectivity index (χ3v) is 7.56. The Balaban J connectivity index is 2.09. The van der Waals surface area contributed by atoms with Crippen molar-refractivity contribution < 1.29 is 59.0 Å². The number of hydrogen-bond donors (Lipinski definition) is 7. The Morgan fingerprint density at radius 2 is 1.33 bits per heavy atom. The molecule has 2 aliphatic rings. The van der Waals surface area contributed by atoms with Crippen molar-refractivity contribution in [1.29, 1.82) is 0 Å². The number of phenolic OH excluding ortho intramolecular Hbond substituents is 1. The number of hydrogen-bond acceptors (Lipinski definition) is 12. The van der Waals surface area contributed by atoms with Gasteiger partial charge in [0.15, 0.2) is 17.1 Å². The predicted octanol–water partition coefficient (Wildman–Crippen LogP) is 2.50. The number of nitrogens with zero attached hydrogens (tertiary/aromatic N) is 4. The molecule has 0 saturated heterocycles. The summed E-state index contributed by atoms with van der Waals surface area (Å²) in [6.45, 7) is -4.25. The second kappa shape index (κ2) is 12.6. The molecule has 48 heavy (non-hydrogen) atoms. The minimum absolute atomic E-state index is 0.116. The number of carboxylic acid groups (broad SMARTS) is 5. The molecule has 0 unspecified atom stereocenters. The predicted molar refractivity (Wildman–Crippen MR) is 166 cm³/mol. The van der Waals surface area contributed by atoms with Crippen LogP contribution in [0.25, 0.3) is 44.5 Å². The standard InChI is InChI=1S/C28H19Cl2N5O13/c29-12-3-10-19(9-1-2-14-21(32-33-31-14)20(9)28(46)47)11-4-13(30)25(45)23(35(7-17(40)41)8-18(42)43)27(11)48-26(10)22(24(12)44)34(5-15(36)37)6-16(38)39/h1-4,44H,5-8H2,(H,36,37)(H,38,39)(H,40,41)(H,42,43)(H,46,47)(H,31,32,33).